The summed E-state index contributed by atoms with van der Waals surface area (Å²) in [7, 11) is 0. The summed E-state index contributed by atoms with van der Waals surface area (Å²) in [6, 6.07) is 1.27. The largest absolute Gasteiger partial charge is 0.312 e. The fraction of sp³-hybridized carbons (Fsp3) is 0.923. The SMILES string of the molecule is CC1CCCC(C)N1NC(=O)CC1CSCCN1. The number of nitrogens with one attached hydrogen (secondary N) is 2. The van der Waals surface area contributed by atoms with Gasteiger partial charge in [0.2, 0.25) is 5.91 Å². The van der Waals surface area contributed by atoms with E-state index in [1.807, 2.05) is 11.8 Å². The fourth-order valence-electron chi connectivity index (χ4n) is 2.81. The topological polar surface area (TPSA) is 44.4 Å². The number of carbonyl (C=O) groups is 1. The Labute approximate surface area is 114 Å². The van der Waals surface area contributed by atoms with Crippen LogP contribution < -0.4 is 10.7 Å². The zero-order chi connectivity index (χ0) is 13.0. The molecule has 0 aromatic carbocycles. The molecule has 104 valence electrons. The van der Waals surface area contributed by atoms with Gasteiger partial charge in [0.25, 0.3) is 0 Å². The van der Waals surface area contributed by atoms with Crippen LogP contribution in [0.5, 0.6) is 0 Å². The number of thioether (sulfide) groups is 1. The Hall–Kier alpha value is -0.260. The molecule has 1 amide bonds. The third-order valence-electron chi connectivity index (χ3n) is 3.88. The highest BCUT2D eigenvalue weighted by molar-refractivity contribution is 7.99. The molecule has 3 unspecified atom stereocenters. The van der Waals surface area contributed by atoms with Gasteiger partial charge in [0.05, 0.1) is 0 Å². The zero-order valence-corrected chi connectivity index (χ0v) is 12.3. The number of hydrogen-bond donors (Lipinski definition) is 2. The molecule has 2 heterocycles. The van der Waals surface area contributed by atoms with E-state index < -0.39 is 0 Å². The first kappa shape index (κ1) is 14.2. The number of carbonyl (C=O) groups excluding carboxylic acids is 1. The van der Waals surface area contributed by atoms with Crippen LogP contribution in [-0.4, -0.2) is 47.1 Å². The summed E-state index contributed by atoms with van der Waals surface area (Å²) < 4.78 is 0. The van der Waals surface area contributed by atoms with Gasteiger partial charge < -0.3 is 5.32 Å². The van der Waals surface area contributed by atoms with Crippen LogP contribution in [0.3, 0.4) is 0 Å². The van der Waals surface area contributed by atoms with Crippen LogP contribution in [0.15, 0.2) is 0 Å². The molecule has 2 aliphatic rings. The predicted molar refractivity (Wildman–Crippen MR) is 76.5 cm³/mol. The third-order valence-corrected chi connectivity index (χ3v) is 5.01. The molecule has 0 spiro atoms. The van der Waals surface area contributed by atoms with Gasteiger partial charge in [0, 0.05) is 42.6 Å². The van der Waals surface area contributed by atoms with Gasteiger partial charge in [-0.1, -0.05) is 6.42 Å². The van der Waals surface area contributed by atoms with Crippen molar-refractivity contribution in [3.63, 3.8) is 0 Å². The van der Waals surface area contributed by atoms with E-state index in [2.05, 4.69) is 29.6 Å². The Morgan fingerprint density at radius 1 is 1.39 bits per heavy atom. The molecule has 2 rings (SSSR count). The van der Waals surface area contributed by atoms with Crippen molar-refractivity contribution in [3.05, 3.63) is 0 Å². The van der Waals surface area contributed by atoms with Crippen LogP contribution in [-0.2, 0) is 4.79 Å². The molecular weight excluding hydrogens is 246 g/mol. The van der Waals surface area contributed by atoms with E-state index in [0.29, 0.717) is 24.5 Å². The Morgan fingerprint density at radius 2 is 2.11 bits per heavy atom. The van der Waals surface area contributed by atoms with Gasteiger partial charge in [-0.3, -0.25) is 10.2 Å². The molecular formula is C13H25N3OS. The Bertz CT molecular complexity index is 271. The van der Waals surface area contributed by atoms with E-state index in [9.17, 15) is 4.79 Å². The quantitative estimate of drug-likeness (QED) is 0.814. The van der Waals surface area contributed by atoms with Crippen LogP contribution in [0.1, 0.15) is 39.5 Å². The van der Waals surface area contributed by atoms with Crippen molar-refractivity contribution in [1.82, 2.24) is 15.8 Å². The molecule has 3 atom stereocenters. The van der Waals surface area contributed by atoms with Gasteiger partial charge >= 0.3 is 0 Å². The highest BCUT2D eigenvalue weighted by atomic mass is 32.2. The molecule has 0 aromatic heterocycles. The molecule has 18 heavy (non-hydrogen) atoms. The minimum absolute atomic E-state index is 0.163. The monoisotopic (exact) mass is 271 g/mol. The Morgan fingerprint density at radius 3 is 2.72 bits per heavy atom. The lowest BCUT2D eigenvalue weighted by atomic mass is 10.00. The van der Waals surface area contributed by atoms with Crippen molar-refractivity contribution >= 4 is 17.7 Å². The molecule has 0 aromatic rings. The predicted octanol–water partition coefficient (Wildman–Crippen LogP) is 1.38. The van der Waals surface area contributed by atoms with Crippen molar-refractivity contribution in [3.8, 4) is 0 Å². The molecule has 2 fully saturated rings. The maximum atomic E-state index is 12.1. The minimum Gasteiger partial charge on any atom is -0.312 e. The van der Waals surface area contributed by atoms with Crippen LogP contribution >= 0.6 is 11.8 Å². The first-order chi connectivity index (χ1) is 8.66. The second kappa shape index (κ2) is 6.78. The number of hydrazine groups is 1. The van der Waals surface area contributed by atoms with Gasteiger partial charge in [-0.05, 0) is 26.7 Å². The number of amides is 1. The third kappa shape index (κ3) is 3.87. The van der Waals surface area contributed by atoms with Crippen molar-refractivity contribution in [2.24, 2.45) is 0 Å². The summed E-state index contributed by atoms with van der Waals surface area (Å²) in [4.78, 5) is 12.1. The summed E-state index contributed by atoms with van der Waals surface area (Å²) in [5.74, 6) is 2.38. The first-order valence-electron chi connectivity index (χ1n) is 7.05. The molecule has 5 heteroatoms. The smallest absolute Gasteiger partial charge is 0.235 e. The number of hydrogen-bond acceptors (Lipinski definition) is 4. The second-order valence-corrected chi connectivity index (χ2v) is 6.65. The lowest BCUT2D eigenvalue weighted by Gasteiger charge is -2.39. The molecule has 0 bridgehead atoms. The molecule has 0 radical (unpaired) electrons. The van der Waals surface area contributed by atoms with E-state index in [4.69, 9.17) is 0 Å². The Kier molecular flexibility index (Phi) is 5.33. The molecule has 4 nitrogen and oxygen atoms in total. The molecule has 2 aliphatic heterocycles. The minimum atomic E-state index is 0.163. The zero-order valence-electron chi connectivity index (χ0n) is 11.4. The highest BCUT2D eigenvalue weighted by Crippen LogP contribution is 2.20. The average Bonchev–Trinajstić information content (AvgIpc) is 2.35. The van der Waals surface area contributed by atoms with Gasteiger partial charge in [0.15, 0.2) is 0 Å². The van der Waals surface area contributed by atoms with Crippen LogP contribution in [0.25, 0.3) is 0 Å². The van der Waals surface area contributed by atoms with Gasteiger partial charge in [-0.25, -0.2) is 5.01 Å². The van der Waals surface area contributed by atoms with Gasteiger partial charge in [0.1, 0.15) is 0 Å². The maximum Gasteiger partial charge on any atom is 0.235 e. The first-order valence-corrected chi connectivity index (χ1v) is 8.21. The maximum absolute atomic E-state index is 12.1. The van der Waals surface area contributed by atoms with Crippen LogP contribution in [0, 0.1) is 0 Å². The summed E-state index contributed by atoms with van der Waals surface area (Å²) in [5.41, 5.74) is 3.11. The van der Waals surface area contributed by atoms with E-state index in [1.165, 1.54) is 19.3 Å². The van der Waals surface area contributed by atoms with Crippen LogP contribution in [0.2, 0.25) is 0 Å². The van der Waals surface area contributed by atoms with Crippen molar-refractivity contribution < 1.29 is 4.79 Å². The van der Waals surface area contributed by atoms with Gasteiger partial charge in [-0.2, -0.15) is 11.8 Å². The highest BCUT2D eigenvalue weighted by Gasteiger charge is 2.27. The van der Waals surface area contributed by atoms with Crippen molar-refractivity contribution in [2.75, 3.05) is 18.1 Å². The average molecular weight is 271 g/mol. The summed E-state index contributed by atoms with van der Waals surface area (Å²) in [6.07, 6.45) is 4.24. The van der Waals surface area contributed by atoms with Crippen molar-refractivity contribution in [2.45, 2.75) is 57.7 Å². The van der Waals surface area contributed by atoms with E-state index in [1.54, 1.807) is 0 Å². The molecule has 2 N–H and O–H groups in total. The normalized spacial score (nSPS) is 34.2. The lowest BCUT2D eigenvalue weighted by molar-refractivity contribution is -0.129. The van der Waals surface area contributed by atoms with E-state index in [0.717, 1.165) is 18.1 Å². The molecule has 2 saturated heterocycles. The molecule has 0 saturated carbocycles. The second-order valence-electron chi connectivity index (χ2n) is 5.50. The fourth-order valence-corrected chi connectivity index (χ4v) is 3.75. The van der Waals surface area contributed by atoms with E-state index in [-0.39, 0.29) is 5.91 Å². The summed E-state index contributed by atoms with van der Waals surface area (Å²) >= 11 is 1.94. The standard InChI is InChI=1S/C13H25N3OS/c1-10-4-3-5-11(2)16(10)15-13(17)8-12-9-18-7-6-14-12/h10-12,14H,3-9H2,1-2H3,(H,15,17). The Balaban J connectivity index is 1.78. The number of piperidine rings is 1. The lowest BCUT2D eigenvalue weighted by Crippen LogP contribution is -2.55. The van der Waals surface area contributed by atoms with E-state index >= 15 is 0 Å². The van der Waals surface area contributed by atoms with Gasteiger partial charge in [-0.15, -0.1) is 0 Å². The molecule has 0 aliphatic carbocycles. The summed E-state index contributed by atoms with van der Waals surface area (Å²) in [5, 5.41) is 5.56. The number of nitrogens with zero attached hydrogens (tertiary/aromatic N) is 1. The number of rotatable bonds is 3. The van der Waals surface area contributed by atoms with Crippen molar-refractivity contribution in [1.29, 1.82) is 0 Å². The summed E-state index contributed by atoms with van der Waals surface area (Å²) in [6.45, 7) is 5.43. The van der Waals surface area contributed by atoms with Crippen LogP contribution in [0.4, 0.5) is 0 Å².